The molecule has 1 N–H and O–H groups in total. The normalized spacial score (nSPS) is 13.2. The van der Waals surface area contributed by atoms with E-state index in [2.05, 4.69) is 5.32 Å². The monoisotopic (exact) mass is 434 g/mol. The van der Waals surface area contributed by atoms with E-state index in [0.29, 0.717) is 23.5 Å². The lowest BCUT2D eigenvalue weighted by Crippen LogP contribution is -2.39. The number of hydrogen-bond acceptors (Lipinski definition) is 5. The molecule has 0 aromatic heterocycles. The summed E-state index contributed by atoms with van der Waals surface area (Å²) in [5.74, 6) is -5.36. The number of hydrogen-bond donors (Lipinski definition) is 1. The van der Waals surface area contributed by atoms with Crippen LogP contribution in [0.4, 0.5) is 18.9 Å². The van der Waals surface area contributed by atoms with Crippen LogP contribution in [0.25, 0.3) is 5.76 Å². The Morgan fingerprint density at radius 2 is 1.81 bits per heavy atom. The van der Waals surface area contributed by atoms with Gasteiger partial charge in [0.2, 0.25) is 0 Å². The smallest absolute Gasteiger partial charge is 0.326 e. The average molecular weight is 434 g/mol. The summed E-state index contributed by atoms with van der Waals surface area (Å²) in [7, 11) is 0. The fourth-order valence-corrected chi connectivity index (χ4v) is 2.95. The van der Waals surface area contributed by atoms with Gasteiger partial charge in [0.1, 0.15) is 40.9 Å². The Bertz CT molecular complexity index is 1020. The van der Waals surface area contributed by atoms with Crippen LogP contribution in [0.1, 0.15) is 36.7 Å². The molecule has 1 aliphatic heterocycles. The first kappa shape index (κ1) is 22.2. The van der Waals surface area contributed by atoms with Crippen molar-refractivity contribution in [2.24, 2.45) is 0 Å². The van der Waals surface area contributed by atoms with Crippen LogP contribution in [0.3, 0.4) is 0 Å². The molecule has 9 heteroatoms. The van der Waals surface area contributed by atoms with E-state index in [4.69, 9.17) is 9.47 Å². The summed E-state index contributed by atoms with van der Waals surface area (Å²) in [6.45, 7) is 4.59. The van der Waals surface area contributed by atoms with E-state index in [1.807, 2.05) is 0 Å². The number of rotatable bonds is 5. The zero-order chi connectivity index (χ0) is 22.8. The number of esters is 1. The maximum Gasteiger partial charge on any atom is 0.326 e. The van der Waals surface area contributed by atoms with Crippen molar-refractivity contribution in [2.75, 3.05) is 18.2 Å². The minimum atomic E-state index is -1.38. The maximum absolute atomic E-state index is 14.3. The average Bonchev–Trinajstić information content (AvgIpc) is 3.18. The highest BCUT2D eigenvalue weighted by Crippen LogP contribution is 2.26. The predicted molar refractivity (Wildman–Crippen MR) is 107 cm³/mol. The van der Waals surface area contributed by atoms with E-state index < -0.39 is 47.0 Å². The largest absolute Gasteiger partial charge is 0.471 e. The van der Waals surface area contributed by atoms with Crippen molar-refractivity contribution < 1.29 is 32.2 Å². The lowest BCUT2D eigenvalue weighted by molar-refractivity contribution is -0.152. The fraction of sp³-hybridized carbons (Fsp3) is 0.273. The molecule has 1 aliphatic rings. The van der Waals surface area contributed by atoms with Gasteiger partial charge in [-0.2, -0.15) is 0 Å². The van der Waals surface area contributed by atoms with Crippen LogP contribution in [0.5, 0.6) is 0 Å². The quantitative estimate of drug-likeness (QED) is 0.722. The molecule has 31 heavy (non-hydrogen) atoms. The number of amides is 1. The standard InChI is InChI=1S/C22H21F3N2O4/c1-22(2,3)31-19(28)11-27(21(29)20-16(24)8-14(23)9-17(20)25)15-6-4-5-13(7-15)18-10-26-12-30-18/h4-10,26H,11-12H2,1-3H3. The zero-order valence-corrected chi connectivity index (χ0v) is 17.2. The third kappa shape index (κ3) is 5.36. The molecule has 0 saturated heterocycles. The molecule has 0 fully saturated rings. The van der Waals surface area contributed by atoms with E-state index in [1.54, 1.807) is 39.1 Å². The molecular weight excluding hydrogens is 413 g/mol. The van der Waals surface area contributed by atoms with E-state index in [-0.39, 0.29) is 12.4 Å². The Hall–Kier alpha value is -3.49. The first-order valence-electron chi connectivity index (χ1n) is 9.40. The molecule has 1 amide bonds. The van der Waals surface area contributed by atoms with Crippen molar-refractivity contribution in [3.05, 3.63) is 71.2 Å². The van der Waals surface area contributed by atoms with Crippen LogP contribution >= 0.6 is 0 Å². The van der Waals surface area contributed by atoms with Crippen LogP contribution in [-0.4, -0.2) is 30.8 Å². The third-order valence-electron chi connectivity index (χ3n) is 4.16. The summed E-state index contributed by atoms with van der Waals surface area (Å²) < 4.78 is 52.6. The second-order valence-electron chi connectivity index (χ2n) is 7.77. The summed E-state index contributed by atoms with van der Waals surface area (Å²) >= 11 is 0. The van der Waals surface area contributed by atoms with Gasteiger partial charge >= 0.3 is 5.97 Å². The summed E-state index contributed by atoms with van der Waals surface area (Å²) in [4.78, 5) is 26.4. The maximum atomic E-state index is 14.3. The van der Waals surface area contributed by atoms with Crippen molar-refractivity contribution in [3.8, 4) is 0 Å². The van der Waals surface area contributed by atoms with Gasteiger partial charge in [0.25, 0.3) is 5.91 Å². The summed E-state index contributed by atoms with van der Waals surface area (Å²) in [5.41, 5.74) is -1.07. The first-order chi connectivity index (χ1) is 14.5. The number of halogens is 3. The highest BCUT2D eigenvalue weighted by molar-refractivity contribution is 6.08. The van der Waals surface area contributed by atoms with Crippen molar-refractivity contribution in [1.82, 2.24) is 5.32 Å². The van der Waals surface area contributed by atoms with Crippen LogP contribution < -0.4 is 10.2 Å². The molecule has 1 heterocycles. The van der Waals surface area contributed by atoms with Gasteiger partial charge in [-0.05, 0) is 32.9 Å². The first-order valence-corrected chi connectivity index (χ1v) is 9.40. The third-order valence-corrected chi connectivity index (χ3v) is 4.16. The van der Waals surface area contributed by atoms with Gasteiger partial charge in [0.05, 0.1) is 0 Å². The van der Waals surface area contributed by atoms with Gasteiger partial charge in [0.15, 0.2) is 6.73 Å². The SMILES string of the molecule is CC(C)(C)OC(=O)CN(C(=O)c1c(F)cc(F)cc1F)c1cccc(C2=CNCO2)c1. The minimum absolute atomic E-state index is 0.174. The Morgan fingerprint density at radius 1 is 1.13 bits per heavy atom. The van der Waals surface area contributed by atoms with Crippen LogP contribution in [0.2, 0.25) is 0 Å². The van der Waals surface area contributed by atoms with Gasteiger partial charge in [-0.25, -0.2) is 13.2 Å². The Morgan fingerprint density at radius 3 is 2.39 bits per heavy atom. The molecule has 0 unspecified atom stereocenters. The van der Waals surface area contributed by atoms with Gasteiger partial charge in [-0.15, -0.1) is 0 Å². The molecule has 0 aliphatic carbocycles. The molecule has 0 bridgehead atoms. The second-order valence-corrected chi connectivity index (χ2v) is 7.77. The van der Waals surface area contributed by atoms with Crippen LogP contribution in [0, 0.1) is 17.5 Å². The summed E-state index contributed by atoms with van der Waals surface area (Å²) in [6, 6.07) is 7.13. The highest BCUT2D eigenvalue weighted by Gasteiger charge is 2.29. The second kappa shape index (κ2) is 8.71. The number of nitrogens with one attached hydrogen (secondary N) is 1. The topological polar surface area (TPSA) is 67.9 Å². The van der Waals surface area contributed by atoms with Crippen LogP contribution in [0.15, 0.2) is 42.6 Å². The van der Waals surface area contributed by atoms with Crippen molar-refractivity contribution in [1.29, 1.82) is 0 Å². The number of benzene rings is 2. The number of anilines is 1. The number of carbonyl (C=O) groups excluding carboxylic acids is 2. The number of carbonyl (C=O) groups is 2. The van der Waals surface area contributed by atoms with E-state index in [0.717, 1.165) is 4.90 Å². The molecule has 6 nitrogen and oxygen atoms in total. The minimum Gasteiger partial charge on any atom is -0.471 e. The van der Waals surface area contributed by atoms with Crippen LogP contribution in [-0.2, 0) is 14.3 Å². The Labute approximate surface area is 177 Å². The predicted octanol–water partition coefficient (Wildman–Crippen LogP) is 3.97. The molecular formula is C22H21F3N2O4. The van der Waals surface area contributed by atoms with Crippen molar-refractivity contribution in [2.45, 2.75) is 26.4 Å². The molecule has 3 rings (SSSR count). The van der Waals surface area contributed by atoms with E-state index >= 15 is 0 Å². The molecule has 0 spiro atoms. The lowest BCUT2D eigenvalue weighted by Gasteiger charge is -2.26. The molecule has 0 atom stereocenters. The van der Waals surface area contributed by atoms with Crippen molar-refractivity contribution >= 4 is 23.3 Å². The van der Waals surface area contributed by atoms with Crippen molar-refractivity contribution in [3.63, 3.8) is 0 Å². The van der Waals surface area contributed by atoms with E-state index in [9.17, 15) is 22.8 Å². The molecule has 0 radical (unpaired) electrons. The van der Waals surface area contributed by atoms with Gasteiger partial charge in [0, 0.05) is 29.6 Å². The summed E-state index contributed by atoms with van der Waals surface area (Å²) in [6.07, 6.45) is 1.62. The fourth-order valence-electron chi connectivity index (χ4n) is 2.95. The van der Waals surface area contributed by atoms with Gasteiger partial charge in [-0.1, -0.05) is 12.1 Å². The molecule has 0 saturated carbocycles. The molecule has 2 aromatic carbocycles. The van der Waals surface area contributed by atoms with Gasteiger partial charge in [-0.3, -0.25) is 14.5 Å². The molecule has 2 aromatic rings. The Kier molecular flexibility index (Phi) is 6.24. The number of ether oxygens (including phenoxy) is 2. The number of nitrogens with zero attached hydrogens (tertiary/aromatic N) is 1. The van der Waals surface area contributed by atoms with Gasteiger partial charge < -0.3 is 14.8 Å². The lowest BCUT2D eigenvalue weighted by atomic mass is 10.1. The summed E-state index contributed by atoms with van der Waals surface area (Å²) in [5, 5.41) is 2.87. The van der Waals surface area contributed by atoms with E-state index in [1.165, 1.54) is 12.1 Å². The zero-order valence-electron chi connectivity index (χ0n) is 17.2. The molecule has 164 valence electrons. The highest BCUT2D eigenvalue weighted by atomic mass is 19.1. The Balaban J connectivity index is 2.02.